The van der Waals surface area contributed by atoms with E-state index in [0.717, 1.165) is 35.1 Å². The zero-order valence-electron chi connectivity index (χ0n) is 20.3. The fraction of sp³-hybridized carbons (Fsp3) is 0.233. The quantitative estimate of drug-likeness (QED) is 0.245. The van der Waals surface area contributed by atoms with Gasteiger partial charge in [0.05, 0.1) is 11.2 Å². The molecule has 0 saturated heterocycles. The predicted octanol–water partition coefficient (Wildman–Crippen LogP) is 6.56. The summed E-state index contributed by atoms with van der Waals surface area (Å²) in [5.74, 6) is 0.0684. The van der Waals surface area contributed by atoms with Gasteiger partial charge in [-0.05, 0) is 49.9 Å². The van der Waals surface area contributed by atoms with Gasteiger partial charge < -0.3 is 16.0 Å². The number of pyridine rings is 1. The van der Waals surface area contributed by atoms with Gasteiger partial charge in [0.25, 0.3) is 0 Å². The molecule has 3 aromatic carbocycles. The Balaban J connectivity index is 1.41. The molecule has 1 atom stereocenters. The lowest BCUT2D eigenvalue weighted by Crippen LogP contribution is -2.38. The number of fused-ring (bicyclic) bond motifs is 1. The maximum absolute atomic E-state index is 12.8. The van der Waals surface area contributed by atoms with Crippen LogP contribution in [0.15, 0.2) is 91.0 Å². The average molecular weight is 465 g/mol. The van der Waals surface area contributed by atoms with Crippen LogP contribution in [0.2, 0.25) is 0 Å². The molecule has 0 saturated carbocycles. The number of hydrogen-bond donors (Lipinski definition) is 3. The van der Waals surface area contributed by atoms with Crippen LogP contribution in [-0.2, 0) is 12.8 Å². The van der Waals surface area contributed by atoms with Crippen molar-refractivity contribution in [2.45, 2.75) is 39.2 Å². The molecule has 0 fully saturated rings. The number of aryl methyl sites for hydroxylation is 1. The van der Waals surface area contributed by atoms with Gasteiger partial charge in [0.2, 0.25) is 0 Å². The second-order valence-corrected chi connectivity index (χ2v) is 9.13. The number of nitrogens with zero attached hydrogens (tertiary/aromatic N) is 1. The van der Waals surface area contributed by atoms with Crippen LogP contribution >= 0.6 is 0 Å². The highest BCUT2D eigenvalue weighted by Gasteiger charge is 2.20. The van der Waals surface area contributed by atoms with Crippen LogP contribution in [0.1, 0.15) is 30.2 Å². The third kappa shape index (κ3) is 6.76. The van der Waals surface area contributed by atoms with E-state index in [4.69, 9.17) is 5.41 Å². The predicted molar refractivity (Wildman–Crippen MR) is 144 cm³/mol. The molecule has 1 heterocycles. The van der Waals surface area contributed by atoms with E-state index in [0.29, 0.717) is 12.1 Å². The fourth-order valence-corrected chi connectivity index (χ4v) is 4.46. The summed E-state index contributed by atoms with van der Waals surface area (Å²) in [6.45, 7) is 3.87. The van der Waals surface area contributed by atoms with E-state index in [1.807, 2.05) is 80.6 Å². The molecule has 0 spiro atoms. The van der Waals surface area contributed by atoms with Crippen molar-refractivity contribution in [1.29, 1.82) is 5.41 Å². The Morgan fingerprint density at radius 3 is 2.09 bits per heavy atom. The van der Waals surface area contributed by atoms with Crippen molar-refractivity contribution in [3.8, 4) is 0 Å². The Hall–Kier alpha value is -3.99. The van der Waals surface area contributed by atoms with Gasteiger partial charge in [-0.2, -0.15) is 0 Å². The maximum atomic E-state index is 12.8. The van der Waals surface area contributed by atoms with E-state index in [-0.39, 0.29) is 18.0 Å². The monoisotopic (exact) mass is 464 g/mol. The average Bonchev–Trinajstić information content (AvgIpc) is 2.84. The largest absolute Gasteiger partial charge is 0.335 e. The van der Waals surface area contributed by atoms with Gasteiger partial charge in [-0.3, -0.25) is 4.98 Å². The maximum Gasteiger partial charge on any atom is 0.319 e. The molecule has 2 amide bonds. The minimum atomic E-state index is -0.274. The van der Waals surface area contributed by atoms with Crippen molar-refractivity contribution in [2.75, 3.05) is 5.32 Å². The highest BCUT2D eigenvalue weighted by molar-refractivity contribution is 6.00. The molecule has 5 nitrogen and oxygen atoms in total. The normalized spacial score (nSPS) is 11.9. The first-order chi connectivity index (χ1) is 17.0. The standard InChI is InChI=1S/C30H32N4O/c1-21(33-30(35)34-29-18-22(2)32-28-16-10-9-15-26(28)29)17-27(31)25(19-23-11-5-3-6-12-23)20-24-13-7-4-8-14-24/h3-16,18,21,25,31H,17,19-20H2,1-2H3,(H2,32,33,34,35)/t21-/m0/s1. The van der Waals surface area contributed by atoms with Crippen LogP contribution in [-0.4, -0.2) is 22.8 Å². The number of urea groups is 1. The molecular formula is C30H32N4O. The molecule has 4 rings (SSSR count). The summed E-state index contributed by atoms with van der Waals surface area (Å²) in [6, 6.07) is 29.8. The van der Waals surface area contributed by atoms with E-state index in [2.05, 4.69) is 39.9 Å². The van der Waals surface area contributed by atoms with E-state index >= 15 is 0 Å². The summed E-state index contributed by atoms with van der Waals surface area (Å²) in [5.41, 5.74) is 5.52. The third-order valence-corrected chi connectivity index (χ3v) is 6.14. The lowest BCUT2D eigenvalue weighted by molar-refractivity contribution is 0.249. The number of carbonyl (C=O) groups is 1. The van der Waals surface area contributed by atoms with Crippen molar-refractivity contribution in [3.63, 3.8) is 0 Å². The first kappa shape index (κ1) is 24.1. The van der Waals surface area contributed by atoms with Crippen LogP contribution in [0.25, 0.3) is 10.9 Å². The minimum absolute atomic E-state index is 0.0684. The number of amides is 2. The molecule has 4 aromatic rings. The van der Waals surface area contributed by atoms with E-state index in [1.54, 1.807) is 0 Å². The van der Waals surface area contributed by atoms with Crippen LogP contribution in [0.5, 0.6) is 0 Å². The van der Waals surface area contributed by atoms with Gasteiger partial charge in [0.1, 0.15) is 0 Å². The van der Waals surface area contributed by atoms with Gasteiger partial charge in [-0.25, -0.2) is 4.79 Å². The number of rotatable bonds is 9. The summed E-state index contributed by atoms with van der Waals surface area (Å²) < 4.78 is 0. The Kier molecular flexibility index (Phi) is 7.88. The molecule has 178 valence electrons. The van der Waals surface area contributed by atoms with Gasteiger partial charge in [0.15, 0.2) is 0 Å². The zero-order valence-corrected chi connectivity index (χ0v) is 20.3. The Bertz CT molecular complexity index is 1250. The molecule has 1 aromatic heterocycles. The van der Waals surface area contributed by atoms with E-state index in [9.17, 15) is 4.79 Å². The summed E-state index contributed by atoms with van der Waals surface area (Å²) in [5, 5.41) is 15.8. The van der Waals surface area contributed by atoms with Crippen LogP contribution in [0, 0.1) is 18.3 Å². The summed E-state index contributed by atoms with van der Waals surface area (Å²) in [4.78, 5) is 17.3. The van der Waals surface area contributed by atoms with Crippen LogP contribution in [0.3, 0.4) is 0 Å². The lowest BCUT2D eigenvalue weighted by Gasteiger charge is -2.22. The number of hydrogen-bond acceptors (Lipinski definition) is 3. The summed E-state index contributed by atoms with van der Waals surface area (Å²) in [7, 11) is 0. The molecule has 0 aliphatic heterocycles. The number of anilines is 1. The summed E-state index contributed by atoms with van der Waals surface area (Å²) in [6.07, 6.45) is 2.10. The topological polar surface area (TPSA) is 77.9 Å². The van der Waals surface area contributed by atoms with Crippen molar-refractivity contribution < 1.29 is 4.79 Å². The number of benzene rings is 3. The molecule has 0 radical (unpaired) electrons. The number of aromatic nitrogens is 1. The lowest BCUT2D eigenvalue weighted by atomic mass is 9.86. The minimum Gasteiger partial charge on any atom is -0.335 e. The Labute approximate surface area is 207 Å². The molecule has 3 N–H and O–H groups in total. The number of para-hydroxylation sites is 1. The van der Waals surface area contributed by atoms with Crippen molar-refractivity contribution in [2.24, 2.45) is 5.92 Å². The van der Waals surface area contributed by atoms with E-state index < -0.39 is 0 Å². The zero-order chi connectivity index (χ0) is 24.6. The van der Waals surface area contributed by atoms with Gasteiger partial charge in [0, 0.05) is 35.2 Å². The second-order valence-electron chi connectivity index (χ2n) is 9.13. The molecule has 0 unspecified atom stereocenters. The highest BCUT2D eigenvalue weighted by Crippen LogP contribution is 2.23. The molecule has 35 heavy (non-hydrogen) atoms. The van der Waals surface area contributed by atoms with Crippen molar-refractivity contribution in [1.82, 2.24) is 10.3 Å². The first-order valence-electron chi connectivity index (χ1n) is 12.1. The van der Waals surface area contributed by atoms with Crippen LogP contribution in [0.4, 0.5) is 10.5 Å². The van der Waals surface area contributed by atoms with Gasteiger partial charge in [-0.15, -0.1) is 0 Å². The highest BCUT2D eigenvalue weighted by atomic mass is 16.2. The van der Waals surface area contributed by atoms with Gasteiger partial charge in [-0.1, -0.05) is 78.9 Å². The second kappa shape index (κ2) is 11.4. The SMILES string of the molecule is Cc1cc(NC(=O)N[C@@H](C)CC(=N)C(Cc2ccccc2)Cc2ccccc2)c2ccccc2n1. The van der Waals surface area contributed by atoms with Crippen molar-refractivity contribution >= 4 is 28.3 Å². The molecule has 0 bridgehead atoms. The molecule has 0 aliphatic rings. The molecule has 5 heteroatoms. The molecule has 0 aliphatic carbocycles. The Morgan fingerprint density at radius 1 is 0.886 bits per heavy atom. The fourth-order valence-electron chi connectivity index (χ4n) is 4.46. The number of carbonyl (C=O) groups excluding carboxylic acids is 1. The van der Waals surface area contributed by atoms with Gasteiger partial charge >= 0.3 is 6.03 Å². The smallest absolute Gasteiger partial charge is 0.319 e. The first-order valence-corrected chi connectivity index (χ1v) is 12.1. The van der Waals surface area contributed by atoms with Crippen molar-refractivity contribution in [3.05, 3.63) is 108 Å². The number of nitrogens with one attached hydrogen (secondary N) is 3. The van der Waals surface area contributed by atoms with Crippen LogP contribution < -0.4 is 10.6 Å². The van der Waals surface area contributed by atoms with E-state index in [1.165, 1.54) is 11.1 Å². The molecular weight excluding hydrogens is 432 g/mol. The Morgan fingerprint density at radius 2 is 1.46 bits per heavy atom. The third-order valence-electron chi connectivity index (χ3n) is 6.14. The summed E-state index contributed by atoms with van der Waals surface area (Å²) >= 11 is 0.